The highest BCUT2D eigenvalue weighted by Crippen LogP contribution is 2.48. The van der Waals surface area contributed by atoms with Crippen molar-refractivity contribution in [1.29, 1.82) is 0 Å². The van der Waals surface area contributed by atoms with Crippen LogP contribution in [0.4, 0.5) is 5.69 Å². The van der Waals surface area contributed by atoms with Crippen LogP contribution in [0.2, 0.25) is 0 Å². The molecule has 1 aromatic heterocycles. The van der Waals surface area contributed by atoms with Crippen LogP contribution in [0.5, 0.6) is 0 Å². The Bertz CT molecular complexity index is 999. The summed E-state index contributed by atoms with van der Waals surface area (Å²) in [6.45, 7) is 7.33. The van der Waals surface area contributed by atoms with E-state index in [2.05, 4.69) is 26.6 Å². The number of nitrogens with one attached hydrogen (secondary N) is 2. The zero-order chi connectivity index (χ0) is 23.5. The van der Waals surface area contributed by atoms with E-state index in [-0.39, 0.29) is 22.8 Å². The maximum absolute atomic E-state index is 13.0. The molecule has 1 fully saturated rings. The van der Waals surface area contributed by atoms with Gasteiger partial charge in [-0.05, 0) is 80.8 Å². The first-order chi connectivity index (χ1) is 15.2. The van der Waals surface area contributed by atoms with Gasteiger partial charge in [-0.1, -0.05) is 6.07 Å². The quantitative estimate of drug-likeness (QED) is 0.367. The molecular weight excluding hydrogens is 532 g/mol. The number of thiophene rings is 1. The number of carbonyl (C=O) groups is 2. The maximum atomic E-state index is 13.0. The van der Waals surface area contributed by atoms with Crippen molar-refractivity contribution in [2.75, 3.05) is 32.6 Å². The number of ether oxygens (including phenoxy) is 2. The van der Waals surface area contributed by atoms with Crippen molar-refractivity contribution in [2.24, 2.45) is 0 Å². The normalized spacial score (nSPS) is 14.9. The van der Waals surface area contributed by atoms with Gasteiger partial charge in [0.05, 0.1) is 14.2 Å². The molecule has 0 saturated carbocycles. The Balaban J connectivity index is 0.00000385. The van der Waals surface area contributed by atoms with Gasteiger partial charge in [0.2, 0.25) is 4.88 Å². The predicted molar refractivity (Wildman–Crippen MR) is 138 cm³/mol. The van der Waals surface area contributed by atoms with Crippen LogP contribution in [0.1, 0.15) is 53.6 Å². The number of rotatable bonds is 6. The molecule has 0 spiro atoms. The first-order valence-electron chi connectivity index (χ1n) is 10.5. The van der Waals surface area contributed by atoms with Crippen molar-refractivity contribution in [3.63, 3.8) is 0 Å². The van der Waals surface area contributed by atoms with Crippen LogP contribution >= 0.6 is 39.1 Å². The van der Waals surface area contributed by atoms with Gasteiger partial charge in [0.25, 0.3) is 0 Å². The second-order valence-corrected chi connectivity index (χ2v) is 11.0. The highest BCUT2D eigenvalue weighted by Gasteiger charge is 2.43. The second-order valence-electron chi connectivity index (χ2n) is 8.53. The molecule has 2 N–H and O–H groups in total. The molecule has 1 unspecified atom stereocenters. The van der Waals surface area contributed by atoms with E-state index in [4.69, 9.17) is 13.7 Å². The zero-order valence-corrected chi connectivity index (χ0v) is 22.7. The molecule has 0 bridgehead atoms. The van der Waals surface area contributed by atoms with E-state index in [0.29, 0.717) is 15.4 Å². The Hall–Kier alpha value is -1.65. The van der Waals surface area contributed by atoms with Crippen molar-refractivity contribution in [1.82, 2.24) is 5.32 Å². The molecule has 1 aliphatic rings. The molecule has 1 aliphatic heterocycles. The van der Waals surface area contributed by atoms with E-state index in [0.717, 1.165) is 37.2 Å². The third-order valence-electron chi connectivity index (χ3n) is 4.99. The summed E-state index contributed by atoms with van der Waals surface area (Å²) in [5.41, 5.74) is 1.25. The van der Waals surface area contributed by atoms with Crippen molar-refractivity contribution < 1.29 is 23.2 Å². The Morgan fingerprint density at radius 2 is 1.82 bits per heavy atom. The van der Waals surface area contributed by atoms with Crippen LogP contribution in [0.3, 0.4) is 0 Å². The second kappa shape index (κ2) is 11.7. The number of methoxy groups -OCH3 is 1. The van der Waals surface area contributed by atoms with Gasteiger partial charge in [-0.15, -0.1) is 12.4 Å². The minimum atomic E-state index is -1.12. The van der Waals surface area contributed by atoms with Gasteiger partial charge in [0.1, 0.15) is 10.1 Å². The molecule has 182 valence electrons. The fraction of sp³-hybridized carbons (Fsp3) is 0.478. The van der Waals surface area contributed by atoms with E-state index >= 15 is 0 Å². The van der Waals surface area contributed by atoms with E-state index in [1.165, 1.54) is 14.2 Å². The van der Waals surface area contributed by atoms with Gasteiger partial charge in [-0.2, -0.15) is 4.18 Å². The number of carbonyl (C=O) groups excluding carboxylic acids is 2. The van der Waals surface area contributed by atoms with Gasteiger partial charge in [-0.3, -0.25) is 0 Å². The molecule has 33 heavy (non-hydrogen) atoms. The van der Waals surface area contributed by atoms with Crippen LogP contribution < -0.4 is 14.8 Å². The van der Waals surface area contributed by atoms with Gasteiger partial charge < -0.3 is 20.1 Å². The first kappa shape index (κ1) is 27.6. The minimum absolute atomic E-state index is 0. The maximum Gasteiger partial charge on any atom is 0.395 e. The predicted octanol–water partition coefficient (Wildman–Crippen LogP) is 5.25. The SMILES string of the molecule is COC(=O)c1c(C(=O)OC(C)(C)C)c(Br)c(-c2cccc(NC3CCNCC3)c2)[s+]1OC.Cl. The largest absolute Gasteiger partial charge is 0.462 e. The average Bonchev–Trinajstić information content (AvgIpc) is 3.05. The molecule has 1 saturated heterocycles. The van der Waals surface area contributed by atoms with Crippen molar-refractivity contribution in [2.45, 2.75) is 45.3 Å². The van der Waals surface area contributed by atoms with E-state index < -0.39 is 28.3 Å². The lowest BCUT2D eigenvalue weighted by atomic mass is 10.1. The standard InChI is InChI=1S/C23H30BrN2O5S.ClH/c1-23(2,3)31-21(27)17-18(24)19(32(30-5)20(17)22(28)29-4)14-7-6-8-16(13-14)26-15-9-11-25-12-10-15;/h6-8,13,15,25-26H,9-12H2,1-5H3;1H/q+1;. The monoisotopic (exact) mass is 561 g/mol. The van der Waals surface area contributed by atoms with Crippen LogP contribution in [0, 0.1) is 0 Å². The zero-order valence-electron chi connectivity index (χ0n) is 19.5. The van der Waals surface area contributed by atoms with Gasteiger partial charge in [0.15, 0.2) is 16.3 Å². The summed E-state index contributed by atoms with van der Waals surface area (Å²) in [6, 6.07) is 8.32. The Kier molecular flexibility index (Phi) is 9.75. The summed E-state index contributed by atoms with van der Waals surface area (Å²) < 4.78 is 16.8. The van der Waals surface area contributed by atoms with Crippen LogP contribution in [-0.4, -0.2) is 50.9 Å². The molecule has 2 aromatic rings. The highest BCUT2D eigenvalue weighted by molar-refractivity contribution is 9.10. The first-order valence-corrected chi connectivity index (χ1v) is 12.4. The lowest BCUT2D eigenvalue weighted by Crippen LogP contribution is -2.35. The number of esters is 2. The third-order valence-corrected chi connectivity index (χ3v) is 7.93. The summed E-state index contributed by atoms with van der Waals surface area (Å²) in [7, 11) is 1.69. The number of benzene rings is 1. The molecule has 0 radical (unpaired) electrons. The fourth-order valence-electron chi connectivity index (χ4n) is 3.62. The number of hydrogen-bond donors (Lipinski definition) is 2. The molecule has 0 amide bonds. The summed E-state index contributed by atoms with van der Waals surface area (Å²) in [4.78, 5) is 26.6. The Morgan fingerprint density at radius 1 is 1.15 bits per heavy atom. The Morgan fingerprint density at radius 3 is 2.39 bits per heavy atom. The number of hydrogen-bond acceptors (Lipinski definition) is 7. The molecule has 3 rings (SSSR count). The molecule has 1 aromatic carbocycles. The lowest BCUT2D eigenvalue weighted by Gasteiger charge is -2.24. The molecule has 1 atom stereocenters. The average molecular weight is 563 g/mol. The molecule has 7 nitrogen and oxygen atoms in total. The Labute approximate surface area is 212 Å². The molecule has 10 heteroatoms. The lowest BCUT2D eigenvalue weighted by molar-refractivity contribution is 0.00651. The van der Waals surface area contributed by atoms with Crippen molar-refractivity contribution >= 4 is 56.7 Å². The third kappa shape index (κ3) is 6.48. The van der Waals surface area contributed by atoms with Crippen LogP contribution in [0.15, 0.2) is 28.7 Å². The summed E-state index contributed by atoms with van der Waals surface area (Å²) in [5, 5.41) is 6.96. The van der Waals surface area contributed by atoms with Crippen molar-refractivity contribution in [3.05, 3.63) is 39.2 Å². The van der Waals surface area contributed by atoms with E-state index in [1.807, 2.05) is 24.3 Å². The number of piperidine rings is 1. The minimum Gasteiger partial charge on any atom is -0.462 e. The topological polar surface area (TPSA) is 85.9 Å². The van der Waals surface area contributed by atoms with Crippen molar-refractivity contribution in [3.8, 4) is 10.4 Å². The number of anilines is 1. The van der Waals surface area contributed by atoms with E-state index in [1.54, 1.807) is 20.8 Å². The number of halogens is 2. The summed E-state index contributed by atoms with van der Waals surface area (Å²) >= 11 is 3.57. The molecule has 2 heterocycles. The van der Waals surface area contributed by atoms with Gasteiger partial charge >= 0.3 is 16.8 Å². The smallest absolute Gasteiger partial charge is 0.395 e. The molecule has 0 aliphatic carbocycles. The van der Waals surface area contributed by atoms with Crippen LogP contribution in [0.25, 0.3) is 10.4 Å². The van der Waals surface area contributed by atoms with Gasteiger partial charge in [0, 0.05) is 17.3 Å². The fourth-order valence-corrected chi connectivity index (χ4v) is 6.53. The van der Waals surface area contributed by atoms with Gasteiger partial charge in [-0.25, -0.2) is 9.59 Å². The molecular formula is C23H31BrClN2O5S+. The van der Waals surface area contributed by atoms with E-state index in [9.17, 15) is 9.59 Å². The highest BCUT2D eigenvalue weighted by atomic mass is 79.9. The van der Waals surface area contributed by atoms with Crippen LogP contribution in [-0.2, 0) is 9.47 Å². The summed E-state index contributed by atoms with van der Waals surface area (Å²) in [6.07, 6.45) is 2.10. The summed E-state index contributed by atoms with van der Waals surface area (Å²) in [5.74, 6) is -1.22.